The lowest BCUT2D eigenvalue weighted by Crippen LogP contribution is -2.07. The molecular formula is C28H25BrN2O2S. The number of amides is 1. The van der Waals surface area contributed by atoms with E-state index in [9.17, 15) is 4.79 Å². The van der Waals surface area contributed by atoms with Crippen molar-refractivity contribution < 1.29 is 9.53 Å². The molecule has 0 radical (unpaired) electrons. The second-order valence-corrected chi connectivity index (χ2v) is 9.82. The summed E-state index contributed by atoms with van der Waals surface area (Å²) in [7, 11) is 0. The van der Waals surface area contributed by atoms with Crippen molar-refractivity contribution >= 4 is 44.4 Å². The van der Waals surface area contributed by atoms with Crippen LogP contribution in [0.1, 0.15) is 28.5 Å². The highest BCUT2D eigenvalue weighted by atomic mass is 79.9. The zero-order chi connectivity index (χ0) is 23.9. The van der Waals surface area contributed by atoms with E-state index in [0.717, 1.165) is 43.9 Å². The number of nitrogens with one attached hydrogen (secondary N) is 1. The number of rotatable bonds is 8. The standard InChI is InChI=1S/C28H25BrN2O2S/c1-3-25-27(22-11-13-23(29)14-12-22)31-28(34-25)30-26(32)17-10-20-8-15-24(16-9-20)33-18-21-6-4-19(2)5-7-21/h4-17H,3,18H2,1-2H3,(H,30,31,32)/b17-10+. The van der Waals surface area contributed by atoms with Crippen LogP contribution in [0.15, 0.2) is 83.3 Å². The normalized spacial score (nSPS) is 11.0. The molecule has 0 spiro atoms. The molecule has 6 heteroatoms. The maximum absolute atomic E-state index is 12.5. The van der Waals surface area contributed by atoms with Crippen LogP contribution in [0.4, 0.5) is 5.13 Å². The molecule has 0 unspecified atom stereocenters. The summed E-state index contributed by atoms with van der Waals surface area (Å²) in [5.41, 5.74) is 5.23. The molecule has 0 aliphatic heterocycles. The van der Waals surface area contributed by atoms with Crippen molar-refractivity contribution in [2.45, 2.75) is 26.9 Å². The second-order valence-electron chi connectivity index (χ2n) is 7.82. The van der Waals surface area contributed by atoms with Crippen LogP contribution in [-0.2, 0) is 17.8 Å². The van der Waals surface area contributed by atoms with Gasteiger partial charge in [-0.2, -0.15) is 0 Å². The average molecular weight is 533 g/mol. The van der Waals surface area contributed by atoms with Gasteiger partial charge in [-0.1, -0.05) is 76.9 Å². The number of carbonyl (C=O) groups excluding carboxylic acids is 1. The summed E-state index contributed by atoms with van der Waals surface area (Å²) in [5, 5.41) is 3.49. The van der Waals surface area contributed by atoms with Gasteiger partial charge in [0.2, 0.25) is 5.91 Å². The van der Waals surface area contributed by atoms with E-state index in [1.807, 2.05) is 48.5 Å². The molecule has 0 saturated carbocycles. The molecule has 4 rings (SSSR count). The number of ether oxygens (including phenoxy) is 1. The summed E-state index contributed by atoms with van der Waals surface area (Å²) in [6.45, 7) is 4.68. The van der Waals surface area contributed by atoms with Crippen molar-refractivity contribution in [1.29, 1.82) is 0 Å². The number of aromatic nitrogens is 1. The lowest BCUT2D eigenvalue weighted by molar-refractivity contribution is -0.111. The minimum Gasteiger partial charge on any atom is -0.489 e. The molecule has 1 heterocycles. The van der Waals surface area contributed by atoms with E-state index in [1.54, 1.807) is 6.08 Å². The lowest BCUT2D eigenvalue weighted by atomic mass is 10.1. The molecule has 0 aliphatic rings. The summed E-state index contributed by atoms with van der Waals surface area (Å²) in [6, 6.07) is 24.0. The van der Waals surface area contributed by atoms with E-state index in [0.29, 0.717) is 11.7 Å². The third kappa shape index (κ3) is 6.43. The van der Waals surface area contributed by atoms with Gasteiger partial charge >= 0.3 is 0 Å². The Morgan fingerprint density at radius 2 is 1.74 bits per heavy atom. The maximum Gasteiger partial charge on any atom is 0.250 e. The third-order valence-corrected chi connectivity index (χ3v) is 6.84. The number of nitrogens with zero attached hydrogens (tertiary/aromatic N) is 1. The number of benzene rings is 3. The van der Waals surface area contributed by atoms with Crippen LogP contribution >= 0.6 is 27.3 Å². The largest absolute Gasteiger partial charge is 0.489 e. The summed E-state index contributed by atoms with van der Waals surface area (Å²) < 4.78 is 6.87. The predicted octanol–water partition coefficient (Wildman–Crippen LogP) is 7.67. The SMILES string of the molecule is CCc1sc(NC(=O)/C=C/c2ccc(OCc3ccc(C)cc3)cc2)nc1-c1ccc(Br)cc1. The van der Waals surface area contributed by atoms with E-state index in [2.05, 4.69) is 64.3 Å². The average Bonchev–Trinajstić information content (AvgIpc) is 3.26. The molecule has 34 heavy (non-hydrogen) atoms. The van der Waals surface area contributed by atoms with E-state index in [4.69, 9.17) is 4.74 Å². The van der Waals surface area contributed by atoms with Crippen molar-refractivity contribution in [1.82, 2.24) is 4.98 Å². The molecule has 1 aromatic heterocycles. The number of halogens is 1. The summed E-state index contributed by atoms with van der Waals surface area (Å²) >= 11 is 4.97. The topological polar surface area (TPSA) is 51.2 Å². The van der Waals surface area contributed by atoms with Crippen LogP contribution in [-0.4, -0.2) is 10.9 Å². The van der Waals surface area contributed by atoms with Crippen molar-refractivity contribution in [3.05, 3.63) is 105 Å². The van der Waals surface area contributed by atoms with Gasteiger partial charge in [-0.3, -0.25) is 10.1 Å². The first-order valence-corrected chi connectivity index (χ1v) is 12.6. The molecule has 1 N–H and O–H groups in total. The zero-order valence-electron chi connectivity index (χ0n) is 19.0. The van der Waals surface area contributed by atoms with Crippen LogP contribution in [0.5, 0.6) is 5.75 Å². The fourth-order valence-electron chi connectivity index (χ4n) is 3.32. The third-order valence-electron chi connectivity index (χ3n) is 5.20. The number of hydrogen-bond donors (Lipinski definition) is 1. The van der Waals surface area contributed by atoms with Gasteiger partial charge in [0.1, 0.15) is 12.4 Å². The van der Waals surface area contributed by atoms with E-state index < -0.39 is 0 Å². The molecule has 4 aromatic rings. The summed E-state index contributed by atoms with van der Waals surface area (Å²) in [4.78, 5) is 18.3. The van der Waals surface area contributed by atoms with Gasteiger partial charge in [0, 0.05) is 21.0 Å². The van der Waals surface area contributed by atoms with Gasteiger partial charge in [-0.25, -0.2) is 4.98 Å². The number of thiazole rings is 1. The monoisotopic (exact) mass is 532 g/mol. The van der Waals surface area contributed by atoms with Gasteiger partial charge in [-0.05, 0) is 54.8 Å². The first kappa shape index (κ1) is 23.9. The van der Waals surface area contributed by atoms with Gasteiger partial charge < -0.3 is 4.74 Å². The Labute approximate surface area is 212 Å². The van der Waals surface area contributed by atoms with E-state index in [-0.39, 0.29) is 5.91 Å². The van der Waals surface area contributed by atoms with Crippen LogP contribution in [0.3, 0.4) is 0 Å². The summed E-state index contributed by atoms with van der Waals surface area (Å²) in [6.07, 6.45) is 4.16. The zero-order valence-corrected chi connectivity index (χ0v) is 21.4. The first-order valence-electron chi connectivity index (χ1n) is 11.0. The Hall–Kier alpha value is -3.22. The van der Waals surface area contributed by atoms with Crippen molar-refractivity contribution in [3.8, 4) is 17.0 Å². The highest BCUT2D eigenvalue weighted by Crippen LogP contribution is 2.32. The fraction of sp³-hybridized carbons (Fsp3) is 0.143. The molecule has 0 aliphatic carbocycles. The molecule has 1 amide bonds. The van der Waals surface area contributed by atoms with Crippen LogP contribution < -0.4 is 10.1 Å². The summed E-state index contributed by atoms with van der Waals surface area (Å²) in [5.74, 6) is 0.580. The number of hydrogen-bond acceptors (Lipinski definition) is 4. The molecule has 172 valence electrons. The first-order chi connectivity index (χ1) is 16.5. The highest BCUT2D eigenvalue weighted by molar-refractivity contribution is 9.10. The van der Waals surface area contributed by atoms with Gasteiger partial charge in [0.15, 0.2) is 5.13 Å². The second kappa shape index (κ2) is 11.3. The van der Waals surface area contributed by atoms with E-state index >= 15 is 0 Å². The number of aryl methyl sites for hydroxylation is 2. The molecule has 4 nitrogen and oxygen atoms in total. The highest BCUT2D eigenvalue weighted by Gasteiger charge is 2.13. The molecular weight excluding hydrogens is 508 g/mol. The van der Waals surface area contributed by atoms with Gasteiger partial charge in [0.05, 0.1) is 5.69 Å². The lowest BCUT2D eigenvalue weighted by Gasteiger charge is -2.07. The molecule has 3 aromatic carbocycles. The fourth-order valence-corrected chi connectivity index (χ4v) is 4.51. The quantitative estimate of drug-likeness (QED) is 0.237. The Bertz CT molecular complexity index is 1280. The van der Waals surface area contributed by atoms with Crippen LogP contribution in [0.25, 0.3) is 17.3 Å². The minimum atomic E-state index is -0.210. The van der Waals surface area contributed by atoms with Crippen LogP contribution in [0, 0.1) is 6.92 Å². The smallest absolute Gasteiger partial charge is 0.250 e. The minimum absolute atomic E-state index is 0.210. The van der Waals surface area contributed by atoms with Crippen molar-refractivity contribution in [2.75, 3.05) is 5.32 Å². The van der Waals surface area contributed by atoms with Crippen molar-refractivity contribution in [3.63, 3.8) is 0 Å². The van der Waals surface area contributed by atoms with Gasteiger partial charge in [0.25, 0.3) is 0 Å². The Morgan fingerprint density at radius 3 is 2.41 bits per heavy atom. The Kier molecular flexibility index (Phi) is 7.93. The molecule has 0 atom stereocenters. The maximum atomic E-state index is 12.5. The van der Waals surface area contributed by atoms with Crippen LogP contribution in [0.2, 0.25) is 0 Å². The van der Waals surface area contributed by atoms with E-state index in [1.165, 1.54) is 23.0 Å². The molecule has 0 saturated heterocycles. The molecule has 0 fully saturated rings. The Balaban J connectivity index is 1.34. The Morgan fingerprint density at radius 1 is 1.03 bits per heavy atom. The predicted molar refractivity (Wildman–Crippen MR) is 144 cm³/mol. The van der Waals surface area contributed by atoms with Gasteiger partial charge in [-0.15, -0.1) is 11.3 Å². The number of anilines is 1. The number of carbonyl (C=O) groups is 1. The van der Waals surface area contributed by atoms with Crippen molar-refractivity contribution in [2.24, 2.45) is 0 Å². The molecule has 0 bridgehead atoms.